The molecule has 2 heterocycles. The summed E-state index contributed by atoms with van der Waals surface area (Å²) in [5, 5.41) is 7.55. The van der Waals surface area contributed by atoms with Crippen LogP contribution in [-0.2, 0) is 16.8 Å². The molecule has 180 valence electrons. The van der Waals surface area contributed by atoms with E-state index in [9.17, 15) is 4.79 Å². The van der Waals surface area contributed by atoms with E-state index in [0.29, 0.717) is 13.0 Å². The molecule has 1 N–H and O–H groups in total. The van der Waals surface area contributed by atoms with Crippen LogP contribution in [0.25, 0.3) is 0 Å². The van der Waals surface area contributed by atoms with Crippen molar-refractivity contribution < 1.29 is 14.3 Å². The summed E-state index contributed by atoms with van der Waals surface area (Å²) in [7, 11) is 0. The number of hydrogen-bond acceptors (Lipinski definition) is 4. The standard InChI is InChI=1S/C28H35N3O3/c1-5-6-9-21(22-10-7-11-25-27(22)34-19-33-25)17-26(32)30-24-16-20(18-31-15-8-14-29-31)12-13-23(24)28(2,3)4/h7-8,10-16,21H,5-6,9,17-19H2,1-4H3,(H,30,32). The minimum atomic E-state index is -0.0973. The minimum Gasteiger partial charge on any atom is -0.454 e. The van der Waals surface area contributed by atoms with Crippen LogP contribution in [0.1, 0.15) is 76.0 Å². The molecule has 0 aliphatic carbocycles. The van der Waals surface area contributed by atoms with E-state index in [1.165, 1.54) is 0 Å². The summed E-state index contributed by atoms with van der Waals surface area (Å²) in [4.78, 5) is 13.4. The molecule has 6 heteroatoms. The van der Waals surface area contributed by atoms with Gasteiger partial charge in [-0.15, -0.1) is 0 Å². The van der Waals surface area contributed by atoms with E-state index in [1.54, 1.807) is 6.20 Å². The number of amides is 1. The molecule has 1 amide bonds. The summed E-state index contributed by atoms with van der Waals surface area (Å²) in [5.41, 5.74) is 4.05. The van der Waals surface area contributed by atoms with Gasteiger partial charge in [-0.1, -0.05) is 64.8 Å². The predicted molar refractivity (Wildman–Crippen MR) is 135 cm³/mol. The minimum absolute atomic E-state index is 0.0133. The van der Waals surface area contributed by atoms with Crippen molar-refractivity contribution in [2.45, 2.75) is 71.3 Å². The quantitative estimate of drug-likeness (QED) is 0.408. The van der Waals surface area contributed by atoms with Gasteiger partial charge >= 0.3 is 0 Å². The molecule has 0 saturated heterocycles. The van der Waals surface area contributed by atoms with Gasteiger partial charge in [-0.2, -0.15) is 5.10 Å². The summed E-state index contributed by atoms with van der Waals surface area (Å²) in [6.45, 7) is 9.57. The molecule has 1 unspecified atom stereocenters. The van der Waals surface area contributed by atoms with Crippen molar-refractivity contribution in [3.63, 3.8) is 0 Å². The number of carbonyl (C=O) groups excluding carboxylic acids is 1. The van der Waals surface area contributed by atoms with Crippen LogP contribution in [0.2, 0.25) is 0 Å². The Morgan fingerprint density at radius 3 is 2.76 bits per heavy atom. The molecule has 34 heavy (non-hydrogen) atoms. The zero-order valence-electron chi connectivity index (χ0n) is 20.6. The number of benzene rings is 2. The number of nitrogens with zero attached hydrogens (tertiary/aromatic N) is 2. The highest BCUT2D eigenvalue weighted by Crippen LogP contribution is 2.42. The smallest absolute Gasteiger partial charge is 0.231 e. The van der Waals surface area contributed by atoms with Crippen molar-refractivity contribution in [2.24, 2.45) is 0 Å². The van der Waals surface area contributed by atoms with E-state index in [2.05, 4.69) is 62.4 Å². The first kappa shape index (κ1) is 23.9. The van der Waals surface area contributed by atoms with E-state index in [4.69, 9.17) is 9.47 Å². The molecule has 6 nitrogen and oxygen atoms in total. The highest BCUT2D eigenvalue weighted by molar-refractivity contribution is 5.92. The third-order valence-corrected chi connectivity index (χ3v) is 6.27. The average molecular weight is 462 g/mol. The Labute approximate surface area is 202 Å². The van der Waals surface area contributed by atoms with Gasteiger partial charge in [-0.25, -0.2) is 0 Å². The van der Waals surface area contributed by atoms with Crippen molar-refractivity contribution >= 4 is 11.6 Å². The molecule has 0 bridgehead atoms. The molecule has 1 aliphatic rings. The second-order valence-electron chi connectivity index (χ2n) is 10.0. The zero-order chi connectivity index (χ0) is 24.1. The molecule has 0 radical (unpaired) electrons. The van der Waals surface area contributed by atoms with Crippen molar-refractivity contribution in [1.82, 2.24) is 9.78 Å². The van der Waals surface area contributed by atoms with E-state index < -0.39 is 0 Å². The van der Waals surface area contributed by atoms with Crippen LogP contribution in [0.4, 0.5) is 5.69 Å². The van der Waals surface area contributed by atoms with E-state index >= 15 is 0 Å². The maximum absolute atomic E-state index is 13.4. The van der Waals surface area contributed by atoms with Crippen molar-refractivity contribution in [1.29, 1.82) is 0 Å². The van der Waals surface area contributed by atoms with Gasteiger partial charge in [0.25, 0.3) is 0 Å². The maximum atomic E-state index is 13.4. The number of hydrogen-bond donors (Lipinski definition) is 1. The van der Waals surface area contributed by atoms with E-state index in [0.717, 1.165) is 53.1 Å². The van der Waals surface area contributed by atoms with Crippen LogP contribution in [0.15, 0.2) is 54.9 Å². The lowest BCUT2D eigenvalue weighted by atomic mass is 9.85. The fourth-order valence-corrected chi connectivity index (χ4v) is 4.55. The third-order valence-electron chi connectivity index (χ3n) is 6.27. The molecular formula is C28H35N3O3. The zero-order valence-corrected chi connectivity index (χ0v) is 20.6. The summed E-state index contributed by atoms with van der Waals surface area (Å²) in [6.07, 6.45) is 7.17. The molecule has 1 atom stereocenters. The lowest BCUT2D eigenvalue weighted by Crippen LogP contribution is -2.21. The van der Waals surface area contributed by atoms with Crippen molar-refractivity contribution in [2.75, 3.05) is 12.1 Å². The lowest BCUT2D eigenvalue weighted by molar-refractivity contribution is -0.116. The SMILES string of the molecule is CCCCC(CC(=O)Nc1cc(Cn2cccn2)ccc1C(C)(C)C)c1cccc2c1OCO2. The first-order valence-electron chi connectivity index (χ1n) is 12.1. The van der Waals surface area contributed by atoms with Crippen molar-refractivity contribution in [3.05, 3.63) is 71.5 Å². The number of fused-ring (bicyclic) bond motifs is 1. The number of ether oxygens (including phenoxy) is 2. The Morgan fingerprint density at radius 2 is 2.03 bits per heavy atom. The molecule has 0 spiro atoms. The summed E-state index contributed by atoms with van der Waals surface area (Å²) in [6, 6.07) is 14.2. The van der Waals surface area contributed by atoms with E-state index in [-0.39, 0.29) is 24.0 Å². The number of nitrogens with one attached hydrogen (secondary N) is 1. The van der Waals surface area contributed by atoms with Crippen LogP contribution in [0, 0.1) is 0 Å². The first-order valence-corrected chi connectivity index (χ1v) is 12.1. The van der Waals surface area contributed by atoms with Crippen LogP contribution in [-0.4, -0.2) is 22.5 Å². The molecule has 2 aromatic carbocycles. The normalized spacial score (nSPS) is 13.6. The largest absolute Gasteiger partial charge is 0.454 e. The Balaban J connectivity index is 1.56. The summed E-state index contributed by atoms with van der Waals surface area (Å²) in [5.74, 6) is 1.63. The third kappa shape index (κ3) is 5.61. The molecule has 0 fully saturated rings. The van der Waals surface area contributed by atoms with Crippen LogP contribution in [0.5, 0.6) is 11.5 Å². The van der Waals surface area contributed by atoms with Gasteiger partial charge in [0, 0.05) is 30.1 Å². The highest BCUT2D eigenvalue weighted by Gasteiger charge is 2.26. The van der Waals surface area contributed by atoms with Crippen LogP contribution in [0.3, 0.4) is 0 Å². The number of carbonyl (C=O) groups is 1. The second-order valence-corrected chi connectivity index (χ2v) is 10.0. The number of anilines is 1. The first-order chi connectivity index (χ1) is 16.3. The number of unbranched alkanes of at least 4 members (excludes halogenated alkanes) is 1. The Morgan fingerprint density at radius 1 is 1.18 bits per heavy atom. The molecule has 1 aromatic heterocycles. The Hall–Kier alpha value is -3.28. The number of para-hydroxylation sites is 1. The van der Waals surface area contributed by atoms with Gasteiger partial charge in [0.15, 0.2) is 11.5 Å². The molecule has 3 aromatic rings. The predicted octanol–water partition coefficient (Wildman–Crippen LogP) is 6.26. The van der Waals surface area contributed by atoms with Crippen LogP contribution >= 0.6 is 0 Å². The lowest BCUT2D eigenvalue weighted by Gasteiger charge is -2.25. The topological polar surface area (TPSA) is 65.4 Å². The molecule has 1 aliphatic heterocycles. The van der Waals surface area contributed by atoms with Gasteiger partial charge in [-0.05, 0) is 47.1 Å². The number of aromatic nitrogens is 2. The monoisotopic (exact) mass is 461 g/mol. The number of rotatable bonds is 9. The van der Waals surface area contributed by atoms with Gasteiger partial charge in [0.2, 0.25) is 12.7 Å². The fourth-order valence-electron chi connectivity index (χ4n) is 4.55. The second kappa shape index (κ2) is 10.3. The van der Waals surface area contributed by atoms with E-state index in [1.807, 2.05) is 29.1 Å². The average Bonchev–Trinajstić information content (AvgIpc) is 3.47. The maximum Gasteiger partial charge on any atom is 0.231 e. The summed E-state index contributed by atoms with van der Waals surface area (Å²) >= 11 is 0. The van der Waals surface area contributed by atoms with Gasteiger partial charge < -0.3 is 14.8 Å². The molecule has 0 saturated carbocycles. The molecular weight excluding hydrogens is 426 g/mol. The molecule has 4 rings (SSSR count). The van der Waals surface area contributed by atoms with Crippen LogP contribution < -0.4 is 14.8 Å². The highest BCUT2D eigenvalue weighted by atomic mass is 16.7. The summed E-state index contributed by atoms with van der Waals surface area (Å²) < 4.78 is 13.2. The Kier molecular flexibility index (Phi) is 7.25. The van der Waals surface area contributed by atoms with Crippen molar-refractivity contribution in [3.8, 4) is 11.5 Å². The van der Waals surface area contributed by atoms with Gasteiger partial charge in [-0.3, -0.25) is 9.48 Å². The fraction of sp³-hybridized carbons (Fsp3) is 0.429. The Bertz CT molecular complexity index is 1120. The van der Waals surface area contributed by atoms with Gasteiger partial charge in [0.05, 0.1) is 6.54 Å². The van der Waals surface area contributed by atoms with Gasteiger partial charge in [0.1, 0.15) is 0 Å².